The topological polar surface area (TPSA) is 58.1 Å². The van der Waals surface area contributed by atoms with Crippen LogP contribution in [0.25, 0.3) is 0 Å². The molecule has 0 bridgehead atoms. The van der Waals surface area contributed by atoms with Crippen LogP contribution >= 0.6 is 0 Å². The van der Waals surface area contributed by atoms with E-state index >= 15 is 0 Å². The summed E-state index contributed by atoms with van der Waals surface area (Å²) in [5, 5.41) is 9.76. The highest BCUT2D eigenvalue weighted by atomic mass is 16.6. The number of pyridine rings is 1. The largest absolute Gasteiger partial charge is 0.496 e. The second kappa shape index (κ2) is 8.29. The zero-order valence-corrected chi connectivity index (χ0v) is 17.7. The summed E-state index contributed by atoms with van der Waals surface area (Å²) in [4.78, 5) is 7.33. The number of rotatable bonds is 8. The number of para-hydroxylation sites is 1. The predicted octanol–water partition coefficient (Wildman–Crippen LogP) is 4.22. The SMILES string of the molecule is COc1ccccc1C1OC1N(C1CC1)C1CCC(CCO)(c2ccccn2)CC1. The van der Waals surface area contributed by atoms with E-state index in [4.69, 9.17) is 9.47 Å². The number of aliphatic hydroxyl groups excluding tert-OH is 1. The first-order chi connectivity index (χ1) is 14.8. The molecule has 2 unspecified atom stereocenters. The Morgan fingerprint density at radius 2 is 1.80 bits per heavy atom. The minimum atomic E-state index is 0.00813. The molecule has 1 aliphatic heterocycles. The molecule has 5 heteroatoms. The van der Waals surface area contributed by atoms with Crippen LogP contribution in [0, 0.1) is 0 Å². The van der Waals surface area contributed by atoms with E-state index in [1.807, 2.05) is 24.4 Å². The molecule has 1 aromatic carbocycles. The molecule has 0 radical (unpaired) electrons. The monoisotopic (exact) mass is 408 g/mol. The summed E-state index contributed by atoms with van der Waals surface area (Å²) < 4.78 is 11.8. The van der Waals surface area contributed by atoms with Crippen LogP contribution in [-0.2, 0) is 10.2 Å². The van der Waals surface area contributed by atoms with Gasteiger partial charge in [-0.25, -0.2) is 0 Å². The van der Waals surface area contributed by atoms with Crippen LogP contribution in [0.1, 0.15) is 62.3 Å². The molecule has 1 N–H and O–H groups in total. The fourth-order valence-corrected chi connectivity index (χ4v) is 5.52. The van der Waals surface area contributed by atoms with Gasteiger partial charge in [0.15, 0.2) is 0 Å². The molecule has 160 valence electrons. The highest BCUT2D eigenvalue weighted by Gasteiger charge is 2.53. The minimum absolute atomic E-state index is 0.00813. The number of methoxy groups -OCH3 is 1. The van der Waals surface area contributed by atoms with E-state index in [2.05, 4.69) is 34.1 Å². The van der Waals surface area contributed by atoms with E-state index in [0.29, 0.717) is 12.1 Å². The zero-order chi connectivity index (χ0) is 20.6. The molecular weight excluding hydrogens is 376 g/mol. The van der Waals surface area contributed by atoms with Crippen LogP contribution in [-0.4, -0.2) is 47.0 Å². The van der Waals surface area contributed by atoms with Crippen LogP contribution < -0.4 is 4.74 Å². The Bertz CT molecular complexity index is 846. The van der Waals surface area contributed by atoms with Gasteiger partial charge in [0.25, 0.3) is 0 Å². The van der Waals surface area contributed by atoms with E-state index in [-0.39, 0.29) is 24.4 Å². The molecule has 3 aliphatic rings. The molecule has 3 fully saturated rings. The van der Waals surface area contributed by atoms with Gasteiger partial charge < -0.3 is 14.6 Å². The molecule has 0 amide bonds. The third-order valence-electron chi connectivity index (χ3n) is 7.31. The number of nitrogens with zero attached hydrogens (tertiary/aromatic N) is 2. The fraction of sp³-hybridized carbons (Fsp3) is 0.560. The summed E-state index contributed by atoms with van der Waals surface area (Å²) in [7, 11) is 1.73. The van der Waals surface area contributed by atoms with Crippen molar-refractivity contribution in [1.29, 1.82) is 0 Å². The second-order valence-corrected chi connectivity index (χ2v) is 9.07. The summed E-state index contributed by atoms with van der Waals surface area (Å²) in [6, 6.07) is 15.6. The van der Waals surface area contributed by atoms with E-state index in [1.165, 1.54) is 12.8 Å². The highest BCUT2D eigenvalue weighted by molar-refractivity contribution is 5.37. The second-order valence-electron chi connectivity index (χ2n) is 9.07. The molecule has 2 heterocycles. The van der Waals surface area contributed by atoms with Crippen LogP contribution in [0.15, 0.2) is 48.7 Å². The van der Waals surface area contributed by atoms with Gasteiger partial charge in [-0.15, -0.1) is 0 Å². The Morgan fingerprint density at radius 3 is 2.47 bits per heavy atom. The lowest BCUT2D eigenvalue weighted by Gasteiger charge is -2.43. The lowest BCUT2D eigenvalue weighted by molar-refractivity contribution is 0.0629. The zero-order valence-electron chi connectivity index (χ0n) is 17.7. The summed E-state index contributed by atoms with van der Waals surface area (Å²) >= 11 is 0. The molecule has 5 rings (SSSR count). The first kappa shape index (κ1) is 20.0. The van der Waals surface area contributed by atoms with Crippen molar-refractivity contribution in [3.05, 3.63) is 59.9 Å². The average Bonchev–Trinajstić information content (AvgIpc) is 3.72. The van der Waals surface area contributed by atoms with Gasteiger partial charge in [-0.1, -0.05) is 24.3 Å². The van der Waals surface area contributed by atoms with Crippen LogP contribution in [0.5, 0.6) is 5.75 Å². The molecule has 2 aliphatic carbocycles. The molecule has 2 atom stereocenters. The maximum atomic E-state index is 9.76. The number of ether oxygens (including phenoxy) is 2. The van der Waals surface area contributed by atoms with Crippen molar-refractivity contribution in [1.82, 2.24) is 9.88 Å². The number of hydrogen-bond donors (Lipinski definition) is 1. The summed E-state index contributed by atoms with van der Waals surface area (Å²) in [6.07, 6.45) is 9.91. The normalized spacial score (nSPS) is 31.0. The Balaban J connectivity index is 1.31. The van der Waals surface area contributed by atoms with Gasteiger partial charge in [0.2, 0.25) is 0 Å². The van der Waals surface area contributed by atoms with E-state index in [0.717, 1.165) is 49.1 Å². The first-order valence-corrected chi connectivity index (χ1v) is 11.3. The predicted molar refractivity (Wildman–Crippen MR) is 115 cm³/mol. The highest BCUT2D eigenvalue weighted by Crippen LogP contribution is 2.51. The fourth-order valence-electron chi connectivity index (χ4n) is 5.52. The molecular formula is C25H32N2O3. The summed E-state index contributed by atoms with van der Waals surface area (Å²) in [5.41, 5.74) is 2.31. The molecule has 1 aromatic heterocycles. The Labute approximate surface area is 179 Å². The lowest BCUT2D eigenvalue weighted by atomic mass is 9.68. The van der Waals surface area contributed by atoms with Gasteiger partial charge in [-0.3, -0.25) is 9.88 Å². The van der Waals surface area contributed by atoms with Crippen LogP contribution in [0.3, 0.4) is 0 Å². The van der Waals surface area contributed by atoms with Gasteiger partial charge >= 0.3 is 0 Å². The standard InChI is InChI=1S/C25H32N2O3/c1-29-21-7-3-2-6-20(21)23-24(30-23)27(18-9-10-18)19-11-13-25(14-12-19,15-17-28)22-8-4-5-16-26-22/h2-8,16,18-19,23-24,28H,9-15,17H2,1H3. The maximum absolute atomic E-state index is 9.76. The first-order valence-electron chi connectivity index (χ1n) is 11.3. The third-order valence-corrected chi connectivity index (χ3v) is 7.31. The quantitative estimate of drug-likeness (QED) is 0.663. The third kappa shape index (κ3) is 3.75. The van der Waals surface area contributed by atoms with Gasteiger partial charge in [-0.2, -0.15) is 0 Å². The van der Waals surface area contributed by atoms with Gasteiger partial charge in [0, 0.05) is 41.6 Å². The van der Waals surface area contributed by atoms with Gasteiger partial charge in [0.1, 0.15) is 18.1 Å². The van der Waals surface area contributed by atoms with Crippen LogP contribution in [0.2, 0.25) is 0 Å². The molecule has 1 saturated heterocycles. The number of hydrogen-bond acceptors (Lipinski definition) is 5. The summed E-state index contributed by atoms with van der Waals surface area (Å²) in [5.74, 6) is 0.918. The van der Waals surface area contributed by atoms with Crippen molar-refractivity contribution in [3.8, 4) is 5.75 Å². The maximum Gasteiger partial charge on any atom is 0.143 e. The number of aromatic nitrogens is 1. The number of epoxide rings is 1. The Kier molecular flexibility index (Phi) is 5.52. The molecule has 0 spiro atoms. The van der Waals surface area contributed by atoms with E-state index < -0.39 is 0 Å². The van der Waals surface area contributed by atoms with Crippen molar-refractivity contribution >= 4 is 0 Å². The van der Waals surface area contributed by atoms with Crippen molar-refractivity contribution in [2.24, 2.45) is 0 Å². The smallest absolute Gasteiger partial charge is 0.143 e. The molecule has 30 heavy (non-hydrogen) atoms. The number of aliphatic hydroxyl groups is 1. The molecule has 2 saturated carbocycles. The van der Waals surface area contributed by atoms with Crippen molar-refractivity contribution in [2.75, 3.05) is 13.7 Å². The van der Waals surface area contributed by atoms with Gasteiger partial charge in [0.05, 0.1) is 7.11 Å². The van der Waals surface area contributed by atoms with Crippen molar-refractivity contribution in [3.63, 3.8) is 0 Å². The Morgan fingerprint density at radius 1 is 1.07 bits per heavy atom. The minimum Gasteiger partial charge on any atom is -0.496 e. The van der Waals surface area contributed by atoms with Crippen molar-refractivity contribution < 1.29 is 14.6 Å². The summed E-state index contributed by atoms with van der Waals surface area (Å²) in [6.45, 7) is 0.217. The Hall–Kier alpha value is -1.95. The average molecular weight is 409 g/mol. The van der Waals surface area contributed by atoms with Crippen LogP contribution in [0.4, 0.5) is 0 Å². The number of benzene rings is 1. The van der Waals surface area contributed by atoms with E-state index in [1.54, 1.807) is 7.11 Å². The van der Waals surface area contributed by atoms with E-state index in [9.17, 15) is 5.11 Å². The lowest BCUT2D eigenvalue weighted by Crippen LogP contribution is -2.45. The molecule has 2 aromatic rings. The van der Waals surface area contributed by atoms with Crippen molar-refractivity contribution in [2.45, 2.75) is 74.8 Å². The molecule has 5 nitrogen and oxygen atoms in total. The van der Waals surface area contributed by atoms with Gasteiger partial charge in [-0.05, 0) is 63.1 Å².